The van der Waals surface area contributed by atoms with Gasteiger partial charge in [0.1, 0.15) is 5.01 Å². The molecule has 1 aromatic heterocycles. The summed E-state index contributed by atoms with van der Waals surface area (Å²) < 4.78 is 0. The highest BCUT2D eigenvalue weighted by Gasteiger charge is 2.42. The van der Waals surface area contributed by atoms with Crippen molar-refractivity contribution in [2.45, 2.75) is 38.1 Å². The van der Waals surface area contributed by atoms with Crippen LogP contribution >= 0.6 is 11.3 Å². The maximum atomic E-state index is 13.5. The number of carbonyl (C=O) groups is 2. The molecule has 2 amide bonds. The Bertz CT molecular complexity index is 1090. The lowest BCUT2D eigenvalue weighted by Gasteiger charge is -2.39. The third kappa shape index (κ3) is 3.61. The Morgan fingerprint density at radius 3 is 2.37 bits per heavy atom. The summed E-state index contributed by atoms with van der Waals surface area (Å²) in [7, 11) is 1.75. The molecule has 1 aliphatic heterocycles. The number of rotatable bonds is 3. The topological polar surface area (TPSA) is 75.2 Å². The molecule has 0 unspecified atom stereocenters. The molecular formula is C23H24N4O2S. The molecule has 0 bridgehead atoms. The molecule has 6 nitrogen and oxygen atoms in total. The predicted octanol–water partition coefficient (Wildman–Crippen LogP) is 4.38. The molecule has 0 saturated carbocycles. The Kier molecular flexibility index (Phi) is 5.15. The fraction of sp³-hybridized carbons (Fsp3) is 0.304. The van der Waals surface area contributed by atoms with Gasteiger partial charge < -0.3 is 4.90 Å². The van der Waals surface area contributed by atoms with Gasteiger partial charge in [-0.25, -0.2) is 0 Å². The van der Waals surface area contributed by atoms with Crippen molar-refractivity contribution in [3.8, 4) is 0 Å². The van der Waals surface area contributed by atoms with E-state index in [4.69, 9.17) is 0 Å². The van der Waals surface area contributed by atoms with Crippen LogP contribution in [0.3, 0.4) is 0 Å². The highest BCUT2D eigenvalue weighted by Crippen LogP contribution is 2.42. The summed E-state index contributed by atoms with van der Waals surface area (Å²) in [5.74, 6) is -0.852. The molecular weight excluding hydrogens is 396 g/mol. The van der Waals surface area contributed by atoms with Crippen molar-refractivity contribution in [2.24, 2.45) is 0 Å². The Morgan fingerprint density at radius 2 is 1.70 bits per heavy atom. The van der Waals surface area contributed by atoms with Crippen LogP contribution in [0.25, 0.3) is 0 Å². The summed E-state index contributed by atoms with van der Waals surface area (Å²) in [5.41, 5.74) is 2.06. The van der Waals surface area contributed by atoms with Gasteiger partial charge in [-0.15, -0.1) is 10.2 Å². The van der Waals surface area contributed by atoms with Gasteiger partial charge in [0.15, 0.2) is 0 Å². The number of amides is 2. The second-order valence-electron chi connectivity index (χ2n) is 8.49. The maximum Gasteiger partial charge on any atom is 0.254 e. The zero-order chi connectivity index (χ0) is 21.5. The van der Waals surface area contributed by atoms with Gasteiger partial charge in [-0.05, 0) is 17.2 Å². The molecule has 2 aromatic carbocycles. The number of hydrogen-bond acceptors (Lipinski definition) is 5. The third-order valence-electron chi connectivity index (χ3n) is 5.30. The van der Waals surface area contributed by atoms with Crippen molar-refractivity contribution in [1.29, 1.82) is 0 Å². The van der Waals surface area contributed by atoms with Gasteiger partial charge in [0.25, 0.3) is 5.91 Å². The minimum Gasteiger partial charge on any atom is -0.334 e. The van der Waals surface area contributed by atoms with Crippen molar-refractivity contribution in [1.82, 2.24) is 15.1 Å². The first-order chi connectivity index (χ1) is 14.3. The smallest absolute Gasteiger partial charge is 0.254 e. The Labute approximate surface area is 180 Å². The Morgan fingerprint density at radius 1 is 1.03 bits per heavy atom. The van der Waals surface area contributed by atoms with Gasteiger partial charge in [0.2, 0.25) is 11.0 Å². The van der Waals surface area contributed by atoms with Crippen LogP contribution in [0, 0.1) is 0 Å². The van der Waals surface area contributed by atoms with Crippen LogP contribution in [0.5, 0.6) is 0 Å². The lowest BCUT2D eigenvalue weighted by atomic mass is 9.79. The first-order valence-corrected chi connectivity index (χ1v) is 10.6. The molecule has 0 radical (unpaired) electrons. The number of nitrogens with zero attached hydrogens (tertiary/aromatic N) is 3. The molecule has 2 heterocycles. The molecule has 0 aliphatic carbocycles. The van der Waals surface area contributed by atoms with Crippen molar-refractivity contribution < 1.29 is 9.59 Å². The van der Waals surface area contributed by atoms with Gasteiger partial charge >= 0.3 is 0 Å². The molecule has 0 fully saturated rings. The van der Waals surface area contributed by atoms with E-state index in [1.54, 1.807) is 18.0 Å². The molecule has 7 heteroatoms. The molecule has 30 heavy (non-hydrogen) atoms. The second-order valence-corrected chi connectivity index (χ2v) is 9.47. The van der Waals surface area contributed by atoms with Crippen LogP contribution in [0.15, 0.2) is 54.6 Å². The zero-order valence-electron chi connectivity index (χ0n) is 17.4. The van der Waals surface area contributed by atoms with Crippen molar-refractivity contribution in [2.75, 3.05) is 12.4 Å². The molecule has 1 N–H and O–H groups in total. The fourth-order valence-electron chi connectivity index (χ4n) is 3.78. The number of nitrogens with one attached hydrogen (secondary N) is 1. The van der Waals surface area contributed by atoms with Gasteiger partial charge in [-0.2, -0.15) is 0 Å². The summed E-state index contributed by atoms with van der Waals surface area (Å²) in [4.78, 5) is 28.2. The van der Waals surface area contributed by atoms with Crippen LogP contribution < -0.4 is 5.32 Å². The SMILES string of the molecule is CN1C(=O)c2ccccc2[C@H](C(=O)Nc2nnc(C(C)(C)C)s2)[C@@H]1c1ccccc1. The zero-order valence-corrected chi connectivity index (χ0v) is 18.2. The number of hydrogen-bond donors (Lipinski definition) is 1. The Balaban J connectivity index is 1.75. The lowest BCUT2D eigenvalue weighted by Crippen LogP contribution is -2.44. The molecule has 3 aromatic rings. The molecule has 2 atom stereocenters. The number of aromatic nitrogens is 2. The lowest BCUT2D eigenvalue weighted by molar-refractivity contribution is -0.119. The van der Waals surface area contributed by atoms with Gasteiger partial charge in [-0.3, -0.25) is 14.9 Å². The molecule has 154 valence electrons. The number of likely N-dealkylation sites (N-methyl/N-ethyl adjacent to an activating group) is 1. The predicted molar refractivity (Wildman–Crippen MR) is 118 cm³/mol. The minimum atomic E-state index is -0.562. The quantitative estimate of drug-likeness (QED) is 0.682. The number of fused-ring (bicyclic) bond motifs is 1. The first-order valence-electron chi connectivity index (χ1n) is 9.83. The molecule has 0 spiro atoms. The standard InChI is InChI=1S/C23H24N4O2S/c1-23(2,3)21-25-26-22(30-21)24-19(28)17-15-12-8-9-13-16(15)20(29)27(4)18(17)14-10-6-5-7-11-14/h5-13,17-18H,1-4H3,(H,24,26,28)/t17-,18-/m0/s1. The molecule has 4 rings (SSSR count). The highest BCUT2D eigenvalue weighted by atomic mass is 32.1. The van der Waals surface area contributed by atoms with E-state index in [9.17, 15) is 9.59 Å². The van der Waals surface area contributed by atoms with Crippen LogP contribution in [-0.2, 0) is 10.2 Å². The summed E-state index contributed by atoms with van der Waals surface area (Å²) in [6, 6.07) is 16.6. The van der Waals surface area contributed by atoms with E-state index in [1.165, 1.54) is 11.3 Å². The van der Waals surface area contributed by atoms with Gasteiger partial charge in [-0.1, -0.05) is 80.6 Å². The first kappa shape index (κ1) is 20.2. The summed E-state index contributed by atoms with van der Waals surface area (Å²) >= 11 is 1.38. The highest BCUT2D eigenvalue weighted by molar-refractivity contribution is 7.15. The van der Waals surface area contributed by atoms with Crippen molar-refractivity contribution in [3.63, 3.8) is 0 Å². The number of anilines is 1. The third-order valence-corrected chi connectivity index (χ3v) is 6.56. The number of carbonyl (C=O) groups excluding carboxylic acids is 2. The molecule has 0 saturated heterocycles. The maximum absolute atomic E-state index is 13.5. The fourth-order valence-corrected chi connectivity index (χ4v) is 4.59. The van der Waals surface area contributed by atoms with Crippen molar-refractivity contribution in [3.05, 3.63) is 76.3 Å². The normalized spacial score (nSPS) is 18.8. The van der Waals surface area contributed by atoms with Crippen LogP contribution in [0.4, 0.5) is 5.13 Å². The average molecular weight is 421 g/mol. The monoisotopic (exact) mass is 420 g/mol. The van der Waals surface area contributed by atoms with E-state index in [2.05, 4.69) is 36.3 Å². The van der Waals surface area contributed by atoms with Gasteiger partial charge in [0, 0.05) is 18.0 Å². The van der Waals surface area contributed by atoms with E-state index in [1.807, 2.05) is 48.5 Å². The van der Waals surface area contributed by atoms with Crippen LogP contribution in [0.1, 0.15) is 59.2 Å². The summed E-state index contributed by atoms with van der Waals surface area (Å²) in [6.07, 6.45) is 0. The van der Waals surface area contributed by atoms with E-state index in [0.29, 0.717) is 10.7 Å². The van der Waals surface area contributed by atoms with Crippen LogP contribution in [0.2, 0.25) is 0 Å². The van der Waals surface area contributed by atoms with Gasteiger partial charge in [0.05, 0.1) is 12.0 Å². The Hall–Kier alpha value is -3.06. The minimum absolute atomic E-state index is 0.0885. The molecule has 1 aliphatic rings. The van der Waals surface area contributed by atoms with E-state index >= 15 is 0 Å². The largest absolute Gasteiger partial charge is 0.334 e. The average Bonchev–Trinajstić information content (AvgIpc) is 3.20. The van der Waals surface area contributed by atoms with E-state index in [-0.39, 0.29) is 17.2 Å². The van der Waals surface area contributed by atoms with Crippen molar-refractivity contribution >= 4 is 28.3 Å². The number of benzene rings is 2. The second kappa shape index (κ2) is 7.65. The summed E-state index contributed by atoms with van der Waals surface area (Å²) in [6.45, 7) is 6.17. The van der Waals surface area contributed by atoms with E-state index < -0.39 is 12.0 Å². The van der Waals surface area contributed by atoms with E-state index in [0.717, 1.165) is 16.1 Å². The van der Waals surface area contributed by atoms with Crippen LogP contribution in [-0.4, -0.2) is 34.0 Å². The summed E-state index contributed by atoms with van der Waals surface area (Å²) in [5, 5.41) is 12.7.